The highest BCUT2D eigenvalue weighted by atomic mass is 35.5. The molecule has 3 aromatic rings. The number of nitro groups is 1. The van der Waals surface area contributed by atoms with Crippen molar-refractivity contribution < 1.29 is 24.0 Å². The highest BCUT2D eigenvalue weighted by Crippen LogP contribution is 2.27. The van der Waals surface area contributed by atoms with Gasteiger partial charge < -0.3 is 20.8 Å². The zero-order valence-electron chi connectivity index (χ0n) is 16.2. The lowest BCUT2D eigenvalue weighted by Crippen LogP contribution is -2.37. The van der Waals surface area contributed by atoms with Gasteiger partial charge >= 0.3 is 5.97 Å². The summed E-state index contributed by atoms with van der Waals surface area (Å²) in [7, 11) is 0.959. The number of rotatable bonds is 6. The van der Waals surface area contributed by atoms with Crippen LogP contribution in [0.5, 0.6) is 0 Å². The Hall–Kier alpha value is -4.32. The van der Waals surface area contributed by atoms with Crippen molar-refractivity contribution in [1.29, 1.82) is 0 Å². The molecule has 164 valence electrons. The normalized spacial score (nSPS) is 11.6. The van der Waals surface area contributed by atoms with Gasteiger partial charge in [-0.25, -0.2) is 4.98 Å². The number of nitrogen functional groups attached to an aromatic ring is 1. The fourth-order valence-corrected chi connectivity index (χ4v) is 3.02. The zero-order chi connectivity index (χ0) is 23.6. The first-order chi connectivity index (χ1) is 15.1. The number of hydrogen-bond donors (Lipinski definition) is 3. The van der Waals surface area contributed by atoms with Gasteiger partial charge in [-0.15, -0.1) is 0 Å². The van der Waals surface area contributed by atoms with E-state index < -0.39 is 45.4 Å². The lowest BCUT2D eigenvalue weighted by atomic mass is 9.99. The molecule has 0 aliphatic rings. The van der Waals surface area contributed by atoms with Gasteiger partial charge in [0, 0.05) is 16.8 Å². The lowest BCUT2D eigenvalue weighted by molar-refractivity contribution is -0.383. The highest BCUT2D eigenvalue weighted by molar-refractivity contribution is 6.45. The molecule has 1 aromatic heterocycles. The number of aromatic nitrogens is 2. The number of benzene rings is 2. The minimum absolute atomic E-state index is 0.0560. The number of hydrogen-bond acceptors (Lipinski definition) is 9. The lowest BCUT2D eigenvalue weighted by Gasteiger charge is -2.13. The third-order valence-corrected chi connectivity index (χ3v) is 4.58. The number of carbonyl (C=O) groups excluding carboxylic acids is 3. The fraction of sp³-hybridized carbons (Fsp3) is 0.105. The molecule has 0 bridgehead atoms. The number of nitrogens with two attached hydrogens (primary N) is 1. The smallest absolute Gasteiger partial charge is 0.323 e. The summed E-state index contributed by atoms with van der Waals surface area (Å²) < 4.78 is 4.57. The molecular weight excluding hydrogens is 446 g/mol. The number of fused-ring (bicyclic) bond motifs is 1. The van der Waals surface area contributed by atoms with Gasteiger partial charge in [0.25, 0.3) is 17.2 Å². The molecule has 3 rings (SSSR count). The van der Waals surface area contributed by atoms with Crippen molar-refractivity contribution in [2.24, 2.45) is 0 Å². The van der Waals surface area contributed by atoms with Crippen LogP contribution in [0.2, 0.25) is 5.02 Å². The van der Waals surface area contributed by atoms with E-state index in [0.29, 0.717) is 5.02 Å². The molecule has 2 aromatic carbocycles. The Kier molecular flexibility index (Phi) is 6.16. The van der Waals surface area contributed by atoms with E-state index >= 15 is 0 Å². The summed E-state index contributed by atoms with van der Waals surface area (Å²) in [6.45, 7) is 0. The number of nitro benzene ring substituents is 1. The van der Waals surface area contributed by atoms with E-state index in [1.165, 1.54) is 24.3 Å². The standard InChI is InChI=1S/C19H14ClN5O7/c1-32-19(29)14(15-17(27)24-12-6-8(20)2-4-10(12)22-15)16(26)18(28)23-11-5-3-9(21)7-13(11)25(30)31/h2-7,14H,21H2,1H3,(H,23,28)(H,24,27)/t14-/m1/s1. The third kappa shape index (κ3) is 4.39. The summed E-state index contributed by atoms with van der Waals surface area (Å²) in [6.07, 6.45) is 0. The maximum atomic E-state index is 12.8. The van der Waals surface area contributed by atoms with Crippen LogP contribution in [0.4, 0.5) is 17.1 Å². The van der Waals surface area contributed by atoms with E-state index in [1.54, 1.807) is 0 Å². The van der Waals surface area contributed by atoms with Crippen LogP contribution in [0.15, 0.2) is 41.2 Å². The van der Waals surface area contributed by atoms with Crippen LogP contribution in [0.1, 0.15) is 11.6 Å². The number of halogens is 1. The molecule has 0 fully saturated rings. The van der Waals surface area contributed by atoms with Gasteiger partial charge in [-0.3, -0.25) is 29.3 Å². The van der Waals surface area contributed by atoms with Crippen LogP contribution in [-0.2, 0) is 19.1 Å². The topological polar surface area (TPSA) is 187 Å². The highest BCUT2D eigenvalue weighted by Gasteiger charge is 2.38. The molecule has 0 aliphatic heterocycles. The largest absolute Gasteiger partial charge is 0.468 e. The Balaban J connectivity index is 2.02. The fourth-order valence-electron chi connectivity index (χ4n) is 2.85. The number of nitrogens with zero attached hydrogens (tertiary/aromatic N) is 2. The van der Waals surface area contributed by atoms with Gasteiger partial charge in [0.1, 0.15) is 11.4 Å². The molecule has 1 heterocycles. The maximum Gasteiger partial charge on any atom is 0.323 e. The van der Waals surface area contributed by atoms with Crippen LogP contribution < -0.4 is 16.6 Å². The number of carbonyl (C=O) groups is 3. The molecule has 4 N–H and O–H groups in total. The SMILES string of the molecule is COC(=O)[C@@H](C(=O)C(=O)Nc1ccc(N)cc1[N+](=O)[O-])c1nc2ccc(Cl)cc2[nH]c1=O. The Morgan fingerprint density at radius 1 is 1.25 bits per heavy atom. The molecule has 0 spiro atoms. The van der Waals surface area contributed by atoms with Crippen molar-refractivity contribution in [3.63, 3.8) is 0 Å². The molecule has 1 atom stereocenters. The Labute approximate surface area is 183 Å². The first-order valence-corrected chi connectivity index (χ1v) is 9.16. The van der Waals surface area contributed by atoms with Crippen molar-refractivity contribution in [1.82, 2.24) is 9.97 Å². The van der Waals surface area contributed by atoms with Gasteiger partial charge in [-0.05, 0) is 30.3 Å². The van der Waals surface area contributed by atoms with Crippen molar-refractivity contribution in [3.8, 4) is 0 Å². The summed E-state index contributed by atoms with van der Waals surface area (Å²) in [5.74, 6) is -6.04. The minimum atomic E-state index is -2.02. The number of ketones is 1. The molecule has 0 unspecified atom stereocenters. The quantitative estimate of drug-likeness (QED) is 0.122. The number of anilines is 2. The van der Waals surface area contributed by atoms with Crippen molar-refractivity contribution in [2.45, 2.75) is 5.92 Å². The number of H-pyrrole nitrogens is 1. The number of esters is 1. The predicted molar refractivity (Wildman–Crippen MR) is 113 cm³/mol. The second-order valence-corrected chi connectivity index (χ2v) is 6.86. The first kappa shape index (κ1) is 22.4. The average Bonchev–Trinajstić information content (AvgIpc) is 2.75. The Morgan fingerprint density at radius 2 is 1.97 bits per heavy atom. The zero-order valence-corrected chi connectivity index (χ0v) is 17.0. The minimum Gasteiger partial charge on any atom is -0.468 e. The second-order valence-electron chi connectivity index (χ2n) is 6.42. The van der Waals surface area contributed by atoms with E-state index in [4.69, 9.17) is 17.3 Å². The van der Waals surface area contributed by atoms with Gasteiger partial charge in [-0.2, -0.15) is 0 Å². The summed E-state index contributed by atoms with van der Waals surface area (Å²) in [5, 5.41) is 13.6. The summed E-state index contributed by atoms with van der Waals surface area (Å²) in [4.78, 5) is 67.0. The number of methoxy groups -OCH3 is 1. The predicted octanol–water partition coefficient (Wildman–Crippen LogP) is 1.53. The number of ether oxygens (including phenoxy) is 1. The molecule has 0 radical (unpaired) electrons. The van der Waals surface area contributed by atoms with E-state index in [1.807, 2.05) is 0 Å². The second kappa shape index (κ2) is 8.81. The van der Waals surface area contributed by atoms with E-state index in [9.17, 15) is 29.3 Å². The maximum absolute atomic E-state index is 12.8. The van der Waals surface area contributed by atoms with E-state index in [2.05, 4.69) is 20.0 Å². The van der Waals surface area contributed by atoms with Crippen molar-refractivity contribution in [3.05, 3.63) is 67.6 Å². The molecule has 13 heteroatoms. The monoisotopic (exact) mass is 459 g/mol. The van der Waals surface area contributed by atoms with E-state index in [0.717, 1.165) is 19.2 Å². The van der Waals surface area contributed by atoms with Crippen molar-refractivity contribution in [2.75, 3.05) is 18.2 Å². The summed E-state index contributed by atoms with van der Waals surface area (Å²) >= 11 is 5.87. The third-order valence-electron chi connectivity index (χ3n) is 4.34. The molecule has 0 saturated heterocycles. The Morgan fingerprint density at radius 3 is 2.62 bits per heavy atom. The number of nitrogens with one attached hydrogen (secondary N) is 2. The molecule has 0 aliphatic carbocycles. The van der Waals surface area contributed by atoms with Crippen LogP contribution >= 0.6 is 11.6 Å². The van der Waals surface area contributed by atoms with Crippen molar-refractivity contribution >= 4 is 57.4 Å². The first-order valence-electron chi connectivity index (χ1n) is 8.78. The average molecular weight is 460 g/mol. The van der Waals surface area contributed by atoms with Crippen LogP contribution in [-0.4, -0.2) is 39.7 Å². The summed E-state index contributed by atoms with van der Waals surface area (Å²) in [6, 6.07) is 7.70. The van der Waals surface area contributed by atoms with E-state index in [-0.39, 0.29) is 22.4 Å². The number of amides is 1. The van der Waals surface area contributed by atoms with Crippen LogP contribution in [0.3, 0.4) is 0 Å². The van der Waals surface area contributed by atoms with Gasteiger partial charge in [-0.1, -0.05) is 11.6 Å². The molecule has 1 amide bonds. The Bertz CT molecular complexity index is 1340. The number of Topliss-reactive ketones (excluding diaryl/α,β-unsaturated/α-hetero) is 1. The summed E-state index contributed by atoms with van der Waals surface area (Å²) in [5.41, 5.74) is 3.59. The van der Waals surface area contributed by atoms with Gasteiger partial charge in [0.05, 0.1) is 23.1 Å². The van der Waals surface area contributed by atoms with Gasteiger partial charge in [0.2, 0.25) is 5.78 Å². The molecule has 32 heavy (non-hydrogen) atoms. The number of aromatic amines is 1. The van der Waals surface area contributed by atoms with Crippen LogP contribution in [0.25, 0.3) is 11.0 Å². The molecule has 0 saturated carbocycles. The van der Waals surface area contributed by atoms with Crippen LogP contribution in [0, 0.1) is 10.1 Å². The van der Waals surface area contributed by atoms with Gasteiger partial charge in [0.15, 0.2) is 5.92 Å². The molecule has 12 nitrogen and oxygen atoms in total. The molecular formula is C19H14ClN5O7.